The number of imidazole rings is 1. The van der Waals surface area contributed by atoms with Crippen LogP contribution >= 0.6 is 0 Å². The molecule has 1 fully saturated rings. The molecule has 4 rings (SSSR count). The Morgan fingerprint density at radius 3 is 2.80 bits per heavy atom. The van der Waals surface area contributed by atoms with E-state index in [9.17, 15) is 0 Å². The second-order valence-electron chi connectivity index (χ2n) is 6.96. The number of hydrogen-bond acceptors (Lipinski definition) is 5. The first-order chi connectivity index (χ1) is 12.2. The summed E-state index contributed by atoms with van der Waals surface area (Å²) in [6.45, 7) is 6.07. The Morgan fingerprint density at radius 2 is 2.08 bits per heavy atom. The van der Waals surface area contributed by atoms with Gasteiger partial charge >= 0.3 is 0 Å². The molecule has 1 aromatic carbocycles. The predicted molar refractivity (Wildman–Crippen MR) is 96.3 cm³/mol. The highest BCUT2D eigenvalue weighted by atomic mass is 16.5. The van der Waals surface area contributed by atoms with Crippen LogP contribution in [0, 0.1) is 5.92 Å². The number of hydrogen-bond donors (Lipinski definition) is 3. The molecule has 7 heteroatoms. The molecular weight excluding hydrogens is 316 g/mol. The van der Waals surface area contributed by atoms with Crippen LogP contribution in [-0.2, 0) is 6.54 Å². The van der Waals surface area contributed by atoms with Crippen LogP contribution in [0.1, 0.15) is 37.2 Å². The van der Waals surface area contributed by atoms with Crippen molar-refractivity contribution in [3.8, 4) is 5.75 Å². The zero-order valence-corrected chi connectivity index (χ0v) is 14.8. The Hall–Kier alpha value is -2.38. The number of fused-ring (bicyclic) bond motifs is 1. The van der Waals surface area contributed by atoms with E-state index >= 15 is 0 Å². The molecule has 2 aromatic heterocycles. The fourth-order valence-corrected chi connectivity index (χ4v) is 3.40. The summed E-state index contributed by atoms with van der Waals surface area (Å²) in [5.41, 5.74) is 9.78. The van der Waals surface area contributed by atoms with Crippen molar-refractivity contribution in [3.05, 3.63) is 41.9 Å². The zero-order chi connectivity index (χ0) is 17.4. The molecule has 1 saturated heterocycles. The molecule has 3 heterocycles. The van der Waals surface area contributed by atoms with Gasteiger partial charge in [0.05, 0.1) is 25.3 Å². The van der Waals surface area contributed by atoms with Crippen LogP contribution in [-0.4, -0.2) is 33.4 Å². The topological polar surface area (TPSA) is 79.8 Å². The van der Waals surface area contributed by atoms with Crippen molar-refractivity contribution in [2.75, 3.05) is 13.7 Å². The smallest absolute Gasteiger partial charge is 0.176 e. The molecular formula is C18H24N6O. The second kappa shape index (κ2) is 6.50. The maximum Gasteiger partial charge on any atom is 0.176 e. The van der Waals surface area contributed by atoms with Crippen molar-refractivity contribution < 1.29 is 4.74 Å². The number of nitrogens with zero attached hydrogens (tertiary/aromatic N) is 3. The fourth-order valence-electron chi connectivity index (χ4n) is 3.40. The van der Waals surface area contributed by atoms with Crippen molar-refractivity contribution in [1.82, 2.24) is 30.6 Å². The van der Waals surface area contributed by atoms with Crippen molar-refractivity contribution in [3.63, 3.8) is 0 Å². The van der Waals surface area contributed by atoms with Crippen molar-refractivity contribution in [1.29, 1.82) is 0 Å². The van der Waals surface area contributed by atoms with E-state index < -0.39 is 0 Å². The Balaban J connectivity index is 1.63. The summed E-state index contributed by atoms with van der Waals surface area (Å²) in [7, 11) is 1.68. The summed E-state index contributed by atoms with van der Waals surface area (Å²) in [6, 6.07) is 8.34. The van der Waals surface area contributed by atoms with E-state index in [0.717, 1.165) is 35.8 Å². The number of aromatic amines is 1. The minimum Gasteiger partial charge on any atom is -0.497 e. The zero-order valence-electron chi connectivity index (χ0n) is 14.8. The maximum absolute atomic E-state index is 5.25. The van der Waals surface area contributed by atoms with Gasteiger partial charge in [-0.25, -0.2) is 15.1 Å². The molecule has 3 N–H and O–H groups in total. The Bertz CT molecular complexity index is 850. The predicted octanol–water partition coefficient (Wildman–Crippen LogP) is 2.36. The summed E-state index contributed by atoms with van der Waals surface area (Å²) in [6.07, 6.45) is 1.87. The number of benzene rings is 1. The third kappa shape index (κ3) is 3.01. The molecule has 0 radical (unpaired) electrons. The van der Waals surface area contributed by atoms with Gasteiger partial charge in [-0.3, -0.25) is 5.43 Å². The lowest BCUT2D eigenvalue weighted by atomic mass is 9.94. The number of H-pyrrole nitrogens is 1. The monoisotopic (exact) mass is 340 g/mol. The van der Waals surface area contributed by atoms with Gasteiger partial charge in [0, 0.05) is 13.1 Å². The van der Waals surface area contributed by atoms with E-state index in [1.54, 1.807) is 7.11 Å². The number of nitrogens with one attached hydrogen (secondary N) is 3. The van der Waals surface area contributed by atoms with Crippen LogP contribution in [0.3, 0.4) is 0 Å². The summed E-state index contributed by atoms with van der Waals surface area (Å²) >= 11 is 0. The highest BCUT2D eigenvalue weighted by Gasteiger charge is 2.32. The molecule has 0 spiro atoms. The van der Waals surface area contributed by atoms with Gasteiger partial charge in [-0.1, -0.05) is 26.0 Å². The summed E-state index contributed by atoms with van der Waals surface area (Å²) < 4.78 is 7.24. The minimum absolute atomic E-state index is 0.160. The van der Waals surface area contributed by atoms with E-state index in [4.69, 9.17) is 9.72 Å². The second-order valence-corrected chi connectivity index (χ2v) is 6.96. The molecule has 2 atom stereocenters. The van der Waals surface area contributed by atoms with Gasteiger partial charge < -0.3 is 9.72 Å². The molecule has 25 heavy (non-hydrogen) atoms. The Kier molecular flexibility index (Phi) is 4.19. The van der Waals surface area contributed by atoms with Crippen LogP contribution in [0.2, 0.25) is 0 Å². The van der Waals surface area contributed by atoms with E-state index in [1.165, 1.54) is 5.56 Å². The normalized spacial score (nSPS) is 20.6. The standard InChI is InChI=1S/C18H24N6O/c1-11(2)10-24-18-15(9-20-24)21-17(22-18)14-8-19-23-16(14)12-4-6-13(25-3)7-5-12/h4-7,9,11,14,16,19,23H,8,10H2,1-3H3,(H,21,22). The quantitative estimate of drug-likeness (QED) is 0.664. The average Bonchev–Trinajstić information content (AvgIpc) is 3.31. The summed E-state index contributed by atoms with van der Waals surface area (Å²) in [5.74, 6) is 2.62. The minimum atomic E-state index is 0.160. The van der Waals surface area contributed by atoms with Crippen LogP contribution in [0.15, 0.2) is 30.5 Å². The molecule has 7 nitrogen and oxygen atoms in total. The van der Waals surface area contributed by atoms with E-state index in [0.29, 0.717) is 5.92 Å². The SMILES string of the molecule is COc1ccc(C2NNCC2c2nc3c(cnn3CC(C)C)[nH]2)cc1. The van der Waals surface area contributed by atoms with Crippen LogP contribution < -0.4 is 15.6 Å². The third-order valence-electron chi connectivity index (χ3n) is 4.65. The highest BCUT2D eigenvalue weighted by Crippen LogP contribution is 2.33. The number of rotatable bonds is 5. The largest absolute Gasteiger partial charge is 0.497 e. The van der Waals surface area contributed by atoms with E-state index in [-0.39, 0.29) is 12.0 Å². The van der Waals surface area contributed by atoms with Crippen molar-refractivity contribution in [2.24, 2.45) is 5.92 Å². The van der Waals surface area contributed by atoms with Gasteiger partial charge in [0.1, 0.15) is 17.1 Å². The number of ether oxygens (including phenoxy) is 1. The van der Waals surface area contributed by atoms with Crippen LogP contribution in [0.4, 0.5) is 0 Å². The molecule has 3 aromatic rings. The van der Waals surface area contributed by atoms with Gasteiger partial charge in [0.15, 0.2) is 5.65 Å². The van der Waals surface area contributed by atoms with Crippen molar-refractivity contribution in [2.45, 2.75) is 32.4 Å². The van der Waals surface area contributed by atoms with Crippen molar-refractivity contribution >= 4 is 11.2 Å². The molecule has 0 bridgehead atoms. The van der Waals surface area contributed by atoms with Crippen LogP contribution in [0.5, 0.6) is 5.75 Å². The third-order valence-corrected chi connectivity index (χ3v) is 4.65. The summed E-state index contributed by atoms with van der Waals surface area (Å²) in [5, 5.41) is 4.44. The molecule has 1 aliphatic rings. The van der Waals surface area contributed by atoms with Gasteiger partial charge in [-0.15, -0.1) is 0 Å². The van der Waals surface area contributed by atoms with Gasteiger partial charge in [-0.2, -0.15) is 5.10 Å². The molecule has 0 amide bonds. The lowest BCUT2D eigenvalue weighted by Crippen LogP contribution is -2.24. The van der Waals surface area contributed by atoms with E-state index in [2.05, 4.69) is 46.9 Å². The molecule has 0 saturated carbocycles. The van der Waals surface area contributed by atoms with Gasteiger partial charge in [-0.05, 0) is 23.6 Å². The van der Waals surface area contributed by atoms with Gasteiger partial charge in [0.25, 0.3) is 0 Å². The molecule has 1 aliphatic heterocycles. The highest BCUT2D eigenvalue weighted by molar-refractivity contribution is 5.70. The average molecular weight is 340 g/mol. The molecule has 2 unspecified atom stereocenters. The summed E-state index contributed by atoms with van der Waals surface area (Å²) in [4.78, 5) is 8.31. The Morgan fingerprint density at radius 1 is 1.28 bits per heavy atom. The number of methoxy groups -OCH3 is 1. The number of hydrazine groups is 1. The van der Waals surface area contributed by atoms with Gasteiger partial charge in [0.2, 0.25) is 0 Å². The maximum atomic E-state index is 5.25. The molecule has 132 valence electrons. The van der Waals surface area contributed by atoms with Crippen LogP contribution in [0.25, 0.3) is 11.2 Å². The fraction of sp³-hybridized carbons (Fsp3) is 0.444. The first kappa shape index (κ1) is 16.1. The lowest BCUT2D eigenvalue weighted by molar-refractivity contribution is 0.414. The Labute approximate surface area is 146 Å². The number of aromatic nitrogens is 4. The molecule has 0 aliphatic carbocycles. The first-order valence-electron chi connectivity index (χ1n) is 8.69. The lowest BCUT2D eigenvalue weighted by Gasteiger charge is -2.17. The first-order valence-corrected chi connectivity index (χ1v) is 8.69. The van der Waals surface area contributed by atoms with E-state index in [1.807, 2.05) is 23.0 Å².